The quantitative estimate of drug-likeness (QED) is 0.640. The maximum atomic E-state index is 12.2. The summed E-state index contributed by atoms with van der Waals surface area (Å²) >= 11 is 1.47. The van der Waals surface area contributed by atoms with E-state index in [0.29, 0.717) is 22.0 Å². The van der Waals surface area contributed by atoms with Crippen molar-refractivity contribution in [1.29, 1.82) is 0 Å². The number of ether oxygens (including phenoxy) is 1. The van der Waals surface area contributed by atoms with Crippen LogP contribution < -0.4 is 5.32 Å². The Morgan fingerprint density at radius 1 is 1.23 bits per heavy atom. The molecule has 3 rings (SSSR count). The summed E-state index contributed by atoms with van der Waals surface area (Å²) in [4.78, 5) is 37.2. The molecule has 1 amide bonds. The Morgan fingerprint density at radius 3 is 2.65 bits per heavy atom. The number of hydrogen-bond acceptors (Lipinski definition) is 5. The van der Waals surface area contributed by atoms with E-state index in [0.717, 1.165) is 19.3 Å². The second kappa shape index (κ2) is 7.83. The number of Topliss-reactive ketones (excluding diaryl/α,β-unsaturated/α-hetero) is 1. The Morgan fingerprint density at radius 2 is 1.96 bits per heavy atom. The molecule has 0 saturated heterocycles. The van der Waals surface area contributed by atoms with Crippen molar-refractivity contribution in [1.82, 2.24) is 0 Å². The lowest BCUT2D eigenvalue weighted by molar-refractivity contribution is -0.119. The third kappa shape index (κ3) is 4.38. The first kappa shape index (κ1) is 18.3. The van der Waals surface area contributed by atoms with E-state index in [2.05, 4.69) is 12.2 Å². The number of benzene rings is 1. The molecule has 1 aliphatic rings. The zero-order valence-electron chi connectivity index (χ0n) is 14.8. The van der Waals surface area contributed by atoms with E-state index >= 15 is 0 Å². The fraction of sp³-hybridized carbons (Fsp3) is 0.350. The first-order chi connectivity index (χ1) is 12.4. The molecular formula is C20H21NO4S. The summed E-state index contributed by atoms with van der Waals surface area (Å²) in [6.07, 6.45) is 3.15. The highest BCUT2D eigenvalue weighted by atomic mass is 32.1. The van der Waals surface area contributed by atoms with Crippen LogP contribution in [0.2, 0.25) is 0 Å². The molecule has 1 aromatic carbocycles. The predicted molar refractivity (Wildman–Crippen MR) is 101 cm³/mol. The minimum atomic E-state index is -0.459. The van der Waals surface area contributed by atoms with Crippen LogP contribution >= 0.6 is 11.3 Å². The SMILES string of the molecule is CC(=O)c1ccc(NC(=O)COC(=O)c2cc3c(s2)CCC(C)C3)cc1. The Labute approximate surface area is 156 Å². The number of fused-ring (bicyclic) bond motifs is 1. The van der Waals surface area contributed by atoms with E-state index in [9.17, 15) is 14.4 Å². The zero-order chi connectivity index (χ0) is 18.7. The van der Waals surface area contributed by atoms with Gasteiger partial charge in [0.25, 0.3) is 5.91 Å². The molecule has 0 saturated carbocycles. The van der Waals surface area contributed by atoms with E-state index in [-0.39, 0.29) is 12.4 Å². The van der Waals surface area contributed by atoms with Gasteiger partial charge in [-0.2, -0.15) is 0 Å². The fourth-order valence-corrected chi connectivity index (χ4v) is 4.10. The Bertz CT molecular complexity index is 838. The molecule has 5 nitrogen and oxygen atoms in total. The van der Waals surface area contributed by atoms with Crippen molar-refractivity contribution >= 4 is 34.7 Å². The van der Waals surface area contributed by atoms with Crippen LogP contribution in [0.4, 0.5) is 5.69 Å². The smallest absolute Gasteiger partial charge is 0.348 e. The number of carbonyl (C=O) groups is 3. The average Bonchev–Trinajstić information content (AvgIpc) is 3.03. The first-order valence-corrected chi connectivity index (χ1v) is 9.43. The first-order valence-electron chi connectivity index (χ1n) is 8.62. The monoisotopic (exact) mass is 371 g/mol. The van der Waals surface area contributed by atoms with Gasteiger partial charge in [0.1, 0.15) is 4.88 Å². The number of anilines is 1. The lowest BCUT2D eigenvalue weighted by atomic mass is 9.90. The zero-order valence-corrected chi connectivity index (χ0v) is 15.7. The Kier molecular flexibility index (Phi) is 5.52. The number of carbonyl (C=O) groups excluding carboxylic acids is 3. The molecular weight excluding hydrogens is 350 g/mol. The minimum absolute atomic E-state index is 0.0372. The maximum Gasteiger partial charge on any atom is 0.348 e. The second-order valence-corrected chi connectivity index (χ2v) is 7.80. The van der Waals surface area contributed by atoms with Gasteiger partial charge in [0.2, 0.25) is 0 Å². The summed E-state index contributed by atoms with van der Waals surface area (Å²) in [6, 6.07) is 8.47. The molecule has 1 aliphatic carbocycles. The number of hydrogen-bond donors (Lipinski definition) is 1. The van der Waals surface area contributed by atoms with E-state index in [1.807, 2.05) is 6.07 Å². The van der Waals surface area contributed by atoms with Gasteiger partial charge >= 0.3 is 5.97 Å². The second-order valence-electron chi connectivity index (χ2n) is 6.66. The van der Waals surface area contributed by atoms with Crippen LogP contribution in [-0.4, -0.2) is 24.3 Å². The number of nitrogens with one attached hydrogen (secondary N) is 1. The lowest BCUT2D eigenvalue weighted by Gasteiger charge is -2.16. The molecule has 1 N–H and O–H groups in total. The van der Waals surface area contributed by atoms with Crippen LogP contribution in [0.1, 0.15) is 50.7 Å². The molecule has 6 heteroatoms. The molecule has 136 valence electrons. The molecule has 1 aromatic heterocycles. The van der Waals surface area contributed by atoms with Gasteiger partial charge in [0.05, 0.1) is 0 Å². The third-order valence-electron chi connectivity index (χ3n) is 4.44. The third-order valence-corrected chi connectivity index (χ3v) is 5.66. The lowest BCUT2D eigenvalue weighted by Crippen LogP contribution is -2.20. The molecule has 1 unspecified atom stereocenters. The van der Waals surface area contributed by atoms with Crippen molar-refractivity contribution in [2.24, 2.45) is 5.92 Å². The van der Waals surface area contributed by atoms with Crippen LogP contribution in [0.3, 0.4) is 0 Å². The molecule has 0 bridgehead atoms. The van der Waals surface area contributed by atoms with E-state index in [4.69, 9.17) is 4.74 Å². The van der Waals surface area contributed by atoms with Crippen LogP contribution in [0.5, 0.6) is 0 Å². The number of ketones is 1. The van der Waals surface area contributed by atoms with Gasteiger partial charge in [-0.05, 0) is 68.0 Å². The van der Waals surface area contributed by atoms with Crippen molar-refractivity contribution < 1.29 is 19.1 Å². The molecule has 0 spiro atoms. The molecule has 26 heavy (non-hydrogen) atoms. The van der Waals surface area contributed by atoms with Crippen molar-refractivity contribution in [2.75, 3.05) is 11.9 Å². The van der Waals surface area contributed by atoms with Crippen LogP contribution in [0.25, 0.3) is 0 Å². The highest BCUT2D eigenvalue weighted by molar-refractivity contribution is 7.14. The Balaban J connectivity index is 1.52. The van der Waals surface area contributed by atoms with E-state index < -0.39 is 11.9 Å². The number of thiophene rings is 1. The summed E-state index contributed by atoms with van der Waals surface area (Å²) in [5.41, 5.74) is 2.36. The number of esters is 1. The Hall–Kier alpha value is -2.47. The highest BCUT2D eigenvalue weighted by Gasteiger charge is 2.21. The van der Waals surface area contributed by atoms with Gasteiger partial charge in [-0.25, -0.2) is 4.79 Å². The molecule has 1 atom stereocenters. The molecule has 0 aliphatic heterocycles. The van der Waals surface area contributed by atoms with E-state index in [1.165, 1.54) is 28.7 Å². The standard InChI is InChI=1S/C20H21NO4S/c1-12-3-8-17-15(9-12)10-18(26-17)20(24)25-11-19(23)21-16-6-4-14(5-7-16)13(2)22/h4-7,10,12H,3,8-9,11H2,1-2H3,(H,21,23). The molecule has 2 aromatic rings. The van der Waals surface area contributed by atoms with Gasteiger partial charge in [-0.15, -0.1) is 11.3 Å². The average molecular weight is 371 g/mol. The molecule has 1 heterocycles. The number of amides is 1. The van der Waals surface area contributed by atoms with Crippen molar-refractivity contribution in [3.63, 3.8) is 0 Å². The van der Waals surface area contributed by atoms with Gasteiger partial charge < -0.3 is 10.1 Å². The van der Waals surface area contributed by atoms with E-state index in [1.54, 1.807) is 24.3 Å². The fourth-order valence-electron chi connectivity index (χ4n) is 2.99. The van der Waals surface area contributed by atoms with Crippen LogP contribution in [0.15, 0.2) is 30.3 Å². The highest BCUT2D eigenvalue weighted by Crippen LogP contribution is 2.32. The van der Waals surface area contributed by atoms with Crippen LogP contribution in [0, 0.1) is 5.92 Å². The summed E-state index contributed by atoms with van der Waals surface area (Å²) in [6.45, 7) is 3.36. The van der Waals surface area contributed by atoms with Gasteiger partial charge in [-0.3, -0.25) is 9.59 Å². The molecule has 0 radical (unpaired) electrons. The van der Waals surface area contributed by atoms with Crippen molar-refractivity contribution in [3.8, 4) is 0 Å². The summed E-state index contributed by atoms with van der Waals surface area (Å²) < 4.78 is 5.13. The normalized spacial score (nSPS) is 15.8. The van der Waals surface area contributed by atoms with Crippen molar-refractivity contribution in [2.45, 2.75) is 33.1 Å². The number of rotatable bonds is 5. The summed E-state index contributed by atoms with van der Waals surface area (Å²) in [7, 11) is 0. The van der Waals surface area contributed by atoms with Crippen LogP contribution in [-0.2, 0) is 22.4 Å². The largest absolute Gasteiger partial charge is 0.451 e. The van der Waals surface area contributed by atoms with Gasteiger partial charge in [0.15, 0.2) is 12.4 Å². The summed E-state index contributed by atoms with van der Waals surface area (Å²) in [5.74, 6) is -0.269. The van der Waals surface area contributed by atoms with Gasteiger partial charge in [0, 0.05) is 16.1 Å². The number of aryl methyl sites for hydroxylation is 1. The topological polar surface area (TPSA) is 72.5 Å². The predicted octanol–water partition coefficient (Wildman–Crippen LogP) is 3.87. The maximum absolute atomic E-state index is 12.2. The van der Waals surface area contributed by atoms with Gasteiger partial charge in [-0.1, -0.05) is 6.92 Å². The summed E-state index contributed by atoms with van der Waals surface area (Å²) in [5, 5.41) is 2.65. The minimum Gasteiger partial charge on any atom is -0.451 e. The molecule has 0 fully saturated rings. The van der Waals surface area contributed by atoms with Crippen molar-refractivity contribution in [3.05, 3.63) is 51.2 Å².